The molecule has 276 valence electrons. The first kappa shape index (κ1) is 37.2. The van der Waals surface area contributed by atoms with Gasteiger partial charge >= 0.3 is 12.0 Å². The molecule has 0 unspecified atom stereocenters. The number of carbonyl (C=O) groups excluding carboxylic acids is 2. The molecule has 3 atom stereocenters. The molecule has 2 aromatic carbocycles. The van der Waals surface area contributed by atoms with Crippen molar-refractivity contribution < 1.29 is 27.8 Å². The highest BCUT2D eigenvalue weighted by Gasteiger charge is 2.42. The summed E-state index contributed by atoms with van der Waals surface area (Å²) in [5.41, 5.74) is 1.72. The van der Waals surface area contributed by atoms with Crippen molar-refractivity contribution in [2.24, 2.45) is 5.92 Å². The summed E-state index contributed by atoms with van der Waals surface area (Å²) in [7, 11) is 3.72. The van der Waals surface area contributed by atoms with Crippen LogP contribution in [0.5, 0.6) is 11.8 Å². The molecule has 6 rings (SSSR count). The van der Waals surface area contributed by atoms with Gasteiger partial charge in [-0.1, -0.05) is 45.3 Å². The Morgan fingerprint density at radius 2 is 2.00 bits per heavy atom. The third kappa shape index (κ3) is 7.23. The lowest BCUT2D eigenvalue weighted by Gasteiger charge is -2.39. The van der Waals surface area contributed by atoms with Crippen LogP contribution in [-0.2, 0) is 22.4 Å². The maximum Gasteiger partial charge on any atom is 0.318 e. The number of ether oxygens (including phenoxy) is 2. The van der Waals surface area contributed by atoms with Crippen LogP contribution in [0.3, 0.4) is 0 Å². The van der Waals surface area contributed by atoms with Crippen LogP contribution in [0.4, 0.5) is 14.6 Å². The molecule has 9 nitrogen and oxygen atoms in total. The predicted octanol–water partition coefficient (Wildman–Crippen LogP) is 6.76. The van der Waals surface area contributed by atoms with Crippen LogP contribution >= 0.6 is 0 Å². The molecule has 1 aliphatic heterocycles. The van der Waals surface area contributed by atoms with E-state index < -0.39 is 23.1 Å². The summed E-state index contributed by atoms with van der Waals surface area (Å²) in [5, 5.41) is 4.89. The lowest BCUT2D eigenvalue weighted by molar-refractivity contribution is -0.137. The summed E-state index contributed by atoms with van der Waals surface area (Å²) in [6.07, 6.45) is 12.1. The minimum atomic E-state index is -0.943. The number of fused-ring (bicyclic) bond motifs is 2. The van der Waals surface area contributed by atoms with Crippen LogP contribution < -0.4 is 14.8 Å². The number of nitrogens with one attached hydrogen (secondary N) is 1. The Bertz CT molecular complexity index is 1920. The Kier molecular flexibility index (Phi) is 10.6. The molecule has 3 aromatic rings. The average Bonchev–Trinajstić information content (AvgIpc) is 3.71. The average molecular weight is 714 g/mol. The van der Waals surface area contributed by atoms with Crippen molar-refractivity contribution in [1.82, 2.24) is 19.8 Å². The van der Waals surface area contributed by atoms with Crippen molar-refractivity contribution in [1.29, 1.82) is 0 Å². The zero-order valence-electron chi connectivity index (χ0n) is 30.9. The van der Waals surface area contributed by atoms with Crippen LogP contribution in [0, 0.1) is 24.1 Å². The number of nitrogens with zero attached hydrogens (tertiary/aromatic N) is 4. The van der Waals surface area contributed by atoms with Gasteiger partial charge in [0.15, 0.2) is 0 Å². The van der Waals surface area contributed by atoms with E-state index in [1.807, 2.05) is 25.9 Å². The molecule has 1 amide bonds. The van der Waals surface area contributed by atoms with Gasteiger partial charge < -0.3 is 19.7 Å². The van der Waals surface area contributed by atoms with Crippen molar-refractivity contribution >= 4 is 28.5 Å². The predicted molar refractivity (Wildman–Crippen MR) is 198 cm³/mol. The van der Waals surface area contributed by atoms with Gasteiger partial charge in [0.2, 0.25) is 5.91 Å². The maximum absolute atomic E-state index is 15.2. The summed E-state index contributed by atoms with van der Waals surface area (Å²) in [4.78, 5) is 39.0. The summed E-state index contributed by atoms with van der Waals surface area (Å²) in [6, 6.07) is 6.70. The van der Waals surface area contributed by atoms with Crippen LogP contribution in [0.25, 0.3) is 10.8 Å². The minimum absolute atomic E-state index is 0.128. The Labute approximate surface area is 305 Å². The molecular weight excluding hydrogens is 664 g/mol. The van der Waals surface area contributed by atoms with Crippen molar-refractivity contribution in [2.75, 3.05) is 39.1 Å². The number of hydrogen-bond donors (Lipinski definition) is 1. The Morgan fingerprint density at radius 3 is 2.65 bits per heavy atom. The second-order valence-corrected chi connectivity index (χ2v) is 15.3. The maximum atomic E-state index is 15.2. The number of terminal acetylenes is 1. The van der Waals surface area contributed by atoms with Gasteiger partial charge in [-0.05, 0) is 87.2 Å². The molecular formula is C41H49F2N5O4. The first-order valence-corrected chi connectivity index (χ1v) is 18.2. The second kappa shape index (κ2) is 14.8. The van der Waals surface area contributed by atoms with Crippen LogP contribution in [-0.4, -0.2) is 82.7 Å². The van der Waals surface area contributed by atoms with E-state index in [0.717, 1.165) is 42.5 Å². The normalized spacial score (nSPS) is 22.5. The van der Waals surface area contributed by atoms with E-state index in [1.54, 1.807) is 36.9 Å². The van der Waals surface area contributed by atoms with Crippen molar-refractivity contribution in [3.05, 3.63) is 65.1 Å². The smallest absolute Gasteiger partial charge is 0.318 e. The number of halogens is 2. The fourth-order valence-electron chi connectivity index (χ4n) is 8.16. The number of aromatic nitrogens is 2. The zero-order chi connectivity index (χ0) is 37.4. The number of rotatable bonds is 11. The van der Waals surface area contributed by atoms with E-state index in [1.165, 1.54) is 12.1 Å². The summed E-state index contributed by atoms with van der Waals surface area (Å²) in [6.45, 7) is 10.2. The number of likely N-dealkylation sites (N-methyl/N-ethyl adjacent to an activating group) is 2. The fourth-order valence-corrected chi connectivity index (χ4v) is 8.16. The van der Waals surface area contributed by atoms with Gasteiger partial charge in [0, 0.05) is 37.5 Å². The number of esters is 1. The Hall–Kier alpha value is -4.56. The Balaban J connectivity index is 1.39. The van der Waals surface area contributed by atoms with E-state index in [-0.39, 0.29) is 41.9 Å². The van der Waals surface area contributed by atoms with Gasteiger partial charge in [0.1, 0.15) is 30.2 Å². The number of alkyl halides is 1. The molecule has 2 aliphatic carbocycles. The monoisotopic (exact) mass is 713 g/mol. The molecule has 0 radical (unpaired) electrons. The first-order valence-electron chi connectivity index (χ1n) is 18.2. The van der Waals surface area contributed by atoms with Gasteiger partial charge in [0.05, 0.1) is 28.3 Å². The SMILES string of the molecule is C#Cc1c(F)ccc2cc(OC(=O)C(C)C)cc([C@H]3CCc4c(nc(OC[C@]5(C)C[C@@H](F)CN5C)nc4NCC4(N(C)C(=O)C=C)CCCC4)C3)c12. The molecule has 2 heterocycles. The van der Waals surface area contributed by atoms with Gasteiger partial charge in [-0.15, -0.1) is 6.42 Å². The number of benzene rings is 2. The fraction of sp³-hybridized carbons (Fsp3) is 0.512. The lowest BCUT2D eigenvalue weighted by atomic mass is 9.79. The summed E-state index contributed by atoms with van der Waals surface area (Å²) in [5.74, 6) is 2.08. The van der Waals surface area contributed by atoms with Crippen molar-refractivity contribution in [2.45, 2.75) is 95.3 Å². The van der Waals surface area contributed by atoms with Gasteiger partial charge in [-0.25, -0.2) is 8.78 Å². The largest absolute Gasteiger partial charge is 0.461 e. The molecule has 1 saturated carbocycles. The summed E-state index contributed by atoms with van der Waals surface area (Å²) >= 11 is 0. The quantitative estimate of drug-likeness (QED) is 0.101. The molecule has 3 aliphatic rings. The second-order valence-electron chi connectivity index (χ2n) is 15.3. The first-order chi connectivity index (χ1) is 24.8. The van der Waals surface area contributed by atoms with Crippen molar-refractivity contribution in [3.63, 3.8) is 0 Å². The molecule has 0 bridgehead atoms. The molecule has 0 spiro atoms. The van der Waals surface area contributed by atoms with Gasteiger partial charge in [-0.2, -0.15) is 9.97 Å². The number of hydrogen-bond acceptors (Lipinski definition) is 8. The van der Waals surface area contributed by atoms with E-state index in [2.05, 4.69) is 17.8 Å². The minimum Gasteiger partial charge on any atom is -0.461 e. The van der Waals surface area contributed by atoms with Crippen molar-refractivity contribution in [3.8, 4) is 24.1 Å². The molecule has 52 heavy (non-hydrogen) atoms. The van der Waals surface area contributed by atoms with Crippen LogP contribution in [0.15, 0.2) is 36.9 Å². The van der Waals surface area contributed by atoms with E-state index in [4.69, 9.17) is 25.9 Å². The number of carbonyl (C=O) groups is 2. The highest BCUT2D eigenvalue weighted by atomic mass is 19.1. The van der Waals surface area contributed by atoms with Crippen LogP contribution in [0.2, 0.25) is 0 Å². The zero-order valence-corrected chi connectivity index (χ0v) is 30.9. The molecule has 1 saturated heterocycles. The summed E-state index contributed by atoms with van der Waals surface area (Å²) < 4.78 is 41.6. The number of likely N-dealkylation sites (tertiary alicyclic amines) is 1. The third-order valence-corrected chi connectivity index (χ3v) is 11.5. The topological polar surface area (TPSA) is 96.9 Å². The van der Waals surface area contributed by atoms with E-state index in [9.17, 15) is 14.0 Å². The highest BCUT2D eigenvalue weighted by molar-refractivity contribution is 5.93. The van der Waals surface area contributed by atoms with Gasteiger partial charge in [-0.3, -0.25) is 14.5 Å². The number of amides is 1. The molecule has 1 aromatic heterocycles. The standard InChI is InChI=1S/C41H49F2N5O4/c1-8-30-33(43)15-13-27-18-29(52-38(50)25(3)4)20-32(36(27)30)26-12-14-31-34(19-26)45-39(51-24-40(5)21-28(42)22-47(40)6)46-37(31)44-23-41(16-10-11-17-41)48(7)35(49)9-2/h1,9,13,15,18,20,25-26,28H,2,10-12,14,16-17,19,21-24H2,3-7H3,(H,44,45,46)/t26-,28+,40-/m0/s1. The van der Waals surface area contributed by atoms with Gasteiger partial charge in [0.25, 0.3) is 0 Å². The highest BCUT2D eigenvalue weighted by Crippen LogP contribution is 2.42. The number of anilines is 1. The molecule has 11 heteroatoms. The van der Waals surface area contributed by atoms with E-state index in [0.29, 0.717) is 61.1 Å². The third-order valence-electron chi connectivity index (χ3n) is 11.5. The molecule has 2 fully saturated rings. The van der Waals surface area contributed by atoms with E-state index >= 15 is 4.39 Å². The Morgan fingerprint density at radius 1 is 1.25 bits per heavy atom. The van der Waals surface area contributed by atoms with Crippen LogP contribution in [0.1, 0.15) is 87.6 Å². The molecule has 1 N–H and O–H groups in total. The lowest BCUT2D eigenvalue weighted by Crippen LogP contribution is -2.51.